The number of hydrogen-bond donors (Lipinski definition) is 1. The van der Waals surface area contributed by atoms with E-state index in [1.54, 1.807) is 10.7 Å². The maximum atomic E-state index is 8.51. The molecule has 0 atom stereocenters. The Bertz CT molecular complexity index is 1080. The number of aromatic nitrogens is 3. The SMILES string of the molecule is COc1cc(Cn2nc(-c3ccccc3)c3ccccc3c2=N)on1. The van der Waals surface area contributed by atoms with Gasteiger partial charge in [-0.2, -0.15) is 5.10 Å². The van der Waals surface area contributed by atoms with Crippen molar-refractivity contribution in [2.24, 2.45) is 0 Å². The van der Waals surface area contributed by atoms with E-state index < -0.39 is 0 Å². The minimum absolute atomic E-state index is 0.305. The Labute approximate surface area is 143 Å². The zero-order valence-electron chi connectivity index (χ0n) is 13.6. The lowest BCUT2D eigenvalue weighted by atomic mass is 10.1. The van der Waals surface area contributed by atoms with Gasteiger partial charge in [-0.05, 0) is 5.16 Å². The highest BCUT2D eigenvalue weighted by Crippen LogP contribution is 2.24. The Morgan fingerprint density at radius 2 is 1.76 bits per heavy atom. The summed E-state index contributed by atoms with van der Waals surface area (Å²) in [4.78, 5) is 0. The molecule has 0 bridgehead atoms. The van der Waals surface area contributed by atoms with Crippen LogP contribution in [0.3, 0.4) is 0 Å². The van der Waals surface area contributed by atoms with E-state index in [9.17, 15) is 0 Å². The zero-order chi connectivity index (χ0) is 17.2. The molecule has 124 valence electrons. The minimum Gasteiger partial charge on any atom is -0.479 e. The fourth-order valence-corrected chi connectivity index (χ4v) is 2.80. The highest BCUT2D eigenvalue weighted by atomic mass is 16.5. The molecule has 4 aromatic rings. The van der Waals surface area contributed by atoms with Crippen molar-refractivity contribution in [3.05, 3.63) is 71.9 Å². The van der Waals surface area contributed by atoms with Crippen LogP contribution in [0.25, 0.3) is 22.0 Å². The maximum Gasteiger partial charge on any atom is 0.254 e. The standard InChI is InChI=1S/C19H16N4O2/c1-24-17-11-14(25-22-17)12-23-19(20)16-10-6-5-9-15(16)18(21-23)13-7-3-2-4-8-13/h2-11,20H,12H2,1H3. The third-order valence-corrected chi connectivity index (χ3v) is 4.02. The van der Waals surface area contributed by atoms with E-state index in [2.05, 4.69) is 5.16 Å². The van der Waals surface area contributed by atoms with Crippen molar-refractivity contribution in [3.8, 4) is 17.1 Å². The van der Waals surface area contributed by atoms with Crippen LogP contribution in [0.2, 0.25) is 0 Å². The van der Waals surface area contributed by atoms with Crippen molar-refractivity contribution in [3.63, 3.8) is 0 Å². The van der Waals surface area contributed by atoms with E-state index in [0.717, 1.165) is 22.0 Å². The molecule has 2 aromatic heterocycles. The van der Waals surface area contributed by atoms with Crippen molar-refractivity contribution in [2.75, 3.05) is 7.11 Å². The number of hydrogen-bond acceptors (Lipinski definition) is 5. The van der Waals surface area contributed by atoms with Crippen LogP contribution in [0, 0.1) is 5.41 Å². The fraction of sp³-hybridized carbons (Fsp3) is 0.105. The second-order valence-corrected chi connectivity index (χ2v) is 5.60. The van der Waals surface area contributed by atoms with E-state index in [1.807, 2.05) is 54.6 Å². The van der Waals surface area contributed by atoms with Crippen molar-refractivity contribution in [2.45, 2.75) is 6.54 Å². The second kappa shape index (κ2) is 6.24. The molecule has 0 aliphatic heterocycles. The van der Waals surface area contributed by atoms with E-state index in [4.69, 9.17) is 19.8 Å². The Balaban J connectivity index is 1.90. The van der Waals surface area contributed by atoms with Crippen molar-refractivity contribution in [1.29, 1.82) is 5.41 Å². The van der Waals surface area contributed by atoms with Crippen LogP contribution >= 0.6 is 0 Å². The van der Waals surface area contributed by atoms with E-state index in [1.165, 1.54) is 7.11 Å². The molecule has 6 heteroatoms. The molecule has 0 radical (unpaired) electrons. The molecular weight excluding hydrogens is 316 g/mol. The summed E-state index contributed by atoms with van der Waals surface area (Å²) in [7, 11) is 1.53. The van der Waals surface area contributed by atoms with Gasteiger partial charge < -0.3 is 9.26 Å². The third kappa shape index (κ3) is 2.78. The van der Waals surface area contributed by atoms with Gasteiger partial charge in [0.25, 0.3) is 5.88 Å². The van der Waals surface area contributed by atoms with Crippen LogP contribution in [-0.4, -0.2) is 22.0 Å². The summed E-state index contributed by atoms with van der Waals surface area (Å²) in [5.41, 5.74) is 2.16. The Kier molecular flexibility index (Phi) is 3.78. The number of nitrogens with zero attached hydrogens (tertiary/aromatic N) is 3. The predicted molar refractivity (Wildman–Crippen MR) is 93.2 cm³/mol. The molecule has 0 spiro atoms. The first-order valence-electron chi connectivity index (χ1n) is 7.86. The minimum atomic E-state index is 0.305. The van der Waals surface area contributed by atoms with Gasteiger partial charge in [-0.1, -0.05) is 54.6 Å². The van der Waals surface area contributed by atoms with Crippen LogP contribution < -0.4 is 10.2 Å². The number of ether oxygens (including phenoxy) is 1. The molecule has 0 unspecified atom stereocenters. The fourth-order valence-electron chi connectivity index (χ4n) is 2.80. The van der Waals surface area contributed by atoms with Gasteiger partial charge in [-0.3, -0.25) is 5.41 Å². The van der Waals surface area contributed by atoms with Gasteiger partial charge in [-0.25, -0.2) is 4.68 Å². The number of fused-ring (bicyclic) bond motifs is 1. The molecule has 0 amide bonds. The number of methoxy groups -OCH3 is 1. The topological polar surface area (TPSA) is 76.9 Å². The third-order valence-electron chi connectivity index (χ3n) is 4.02. The Morgan fingerprint density at radius 1 is 1.04 bits per heavy atom. The largest absolute Gasteiger partial charge is 0.479 e. The molecule has 25 heavy (non-hydrogen) atoms. The zero-order valence-corrected chi connectivity index (χ0v) is 13.6. The van der Waals surface area contributed by atoms with Gasteiger partial charge in [0.1, 0.15) is 12.0 Å². The summed E-state index contributed by atoms with van der Waals surface area (Å²) in [6.07, 6.45) is 0. The molecular formula is C19H16N4O2. The number of rotatable bonds is 4. The Morgan fingerprint density at radius 3 is 2.48 bits per heavy atom. The molecule has 0 saturated heterocycles. The van der Waals surface area contributed by atoms with Gasteiger partial charge in [0.15, 0.2) is 5.76 Å². The first-order valence-corrected chi connectivity index (χ1v) is 7.86. The van der Waals surface area contributed by atoms with Crippen LogP contribution in [0.4, 0.5) is 0 Å². The molecule has 0 saturated carbocycles. The summed E-state index contributed by atoms with van der Waals surface area (Å²) < 4.78 is 11.9. The molecule has 0 aliphatic carbocycles. The first kappa shape index (κ1) is 15.1. The van der Waals surface area contributed by atoms with Crippen molar-refractivity contribution < 1.29 is 9.26 Å². The first-order chi connectivity index (χ1) is 12.3. The predicted octanol–water partition coefficient (Wildman–Crippen LogP) is 3.23. The van der Waals surface area contributed by atoms with Gasteiger partial charge in [0.2, 0.25) is 0 Å². The highest BCUT2D eigenvalue weighted by molar-refractivity contribution is 5.93. The maximum absolute atomic E-state index is 8.51. The lowest BCUT2D eigenvalue weighted by Gasteiger charge is -2.11. The van der Waals surface area contributed by atoms with Gasteiger partial charge >= 0.3 is 0 Å². The van der Waals surface area contributed by atoms with Crippen LogP contribution in [0.1, 0.15) is 5.76 Å². The monoisotopic (exact) mass is 332 g/mol. The van der Waals surface area contributed by atoms with E-state index in [0.29, 0.717) is 23.7 Å². The van der Waals surface area contributed by atoms with Crippen LogP contribution in [-0.2, 0) is 6.54 Å². The lowest BCUT2D eigenvalue weighted by Crippen LogP contribution is -2.24. The molecule has 1 N–H and O–H groups in total. The smallest absolute Gasteiger partial charge is 0.254 e. The van der Waals surface area contributed by atoms with Gasteiger partial charge in [-0.15, -0.1) is 0 Å². The molecule has 0 fully saturated rings. The molecule has 6 nitrogen and oxygen atoms in total. The quantitative estimate of drug-likeness (QED) is 0.622. The molecule has 2 heterocycles. The molecule has 2 aromatic carbocycles. The average molecular weight is 332 g/mol. The highest BCUT2D eigenvalue weighted by Gasteiger charge is 2.12. The van der Waals surface area contributed by atoms with E-state index in [-0.39, 0.29) is 0 Å². The summed E-state index contributed by atoms with van der Waals surface area (Å²) in [5, 5.41) is 18.8. The van der Waals surface area contributed by atoms with Crippen molar-refractivity contribution >= 4 is 10.8 Å². The number of benzene rings is 2. The van der Waals surface area contributed by atoms with E-state index >= 15 is 0 Å². The summed E-state index contributed by atoms with van der Waals surface area (Å²) >= 11 is 0. The van der Waals surface area contributed by atoms with Crippen LogP contribution in [0.5, 0.6) is 5.88 Å². The summed E-state index contributed by atoms with van der Waals surface area (Å²) in [5.74, 6) is 0.989. The second-order valence-electron chi connectivity index (χ2n) is 5.60. The number of nitrogens with one attached hydrogen (secondary N) is 1. The molecule has 4 rings (SSSR count). The Hall–Kier alpha value is -3.41. The van der Waals surface area contributed by atoms with Gasteiger partial charge in [0, 0.05) is 22.4 Å². The van der Waals surface area contributed by atoms with Crippen LogP contribution in [0.15, 0.2) is 65.2 Å². The lowest BCUT2D eigenvalue weighted by molar-refractivity contribution is 0.321. The normalized spacial score (nSPS) is 10.9. The average Bonchev–Trinajstić information content (AvgIpc) is 3.12. The molecule has 0 aliphatic rings. The van der Waals surface area contributed by atoms with Crippen molar-refractivity contribution in [1.82, 2.24) is 14.9 Å². The summed E-state index contributed by atoms with van der Waals surface area (Å²) in [6.45, 7) is 0.305. The van der Waals surface area contributed by atoms with Gasteiger partial charge in [0.05, 0.1) is 12.8 Å². The summed E-state index contributed by atoms with van der Waals surface area (Å²) in [6, 6.07) is 19.5.